The zero-order valence-electron chi connectivity index (χ0n) is 22.4. The summed E-state index contributed by atoms with van der Waals surface area (Å²) in [5, 5.41) is 0. The molecule has 3 aromatic carbocycles. The molecule has 0 spiro atoms. The Morgan fingerprint density at radius 3 is 2.47 bits per heavy atom. The van der Waals surface area contributed by atoms with Gasteiger partial charge in [0.25, 0.3) is 0 Å². The molecule has 3 aromatic rings. The van der Waals surface area contributed by atoms with Crippen LogP contribution in [-0.4, -0.2) is 54.4 Å². The van der Waals surface area contributed by atoms with Gasteiger partial charge in [-0.1, -0.05) is 42.5 Å². The summed E-state index contributed by atoms with van der Waals surface area (Å²) in [5.74, 6) is 0.807. The lowest BCUT2D eigenvalue weighted by Crippen LogP contribution is -2.37. The summed E-state index contributed by atoms with van der Waals surface area (Å²) in [5.41, 5.74) is 4.17. The molecule has 2 fully saturated rings. The molecule has 4 nitrogen and oxygen atoms in total. The molecule has 200 valence electrons. The molecule has 0 radical (unpaired) electrons. The molecule has 1 unspecified atom stereocenters. The van der Waals surface area contributed by atoms with E-state index in [1.807, 2.05) is 36.4 Å². The Balaban J connectivity index is 1.08. The third kappa shape index (κ3) is 7.09. The van der Waals surface area contributed by atoms with Gasteiger partial charge in [0.2, 0.25) is 0 Å². The Hall–Kier alpha value is -3.02. The quantitative estimate of drug-likeness (QED) is 0.273. The molecule has 0 amide bonds. The molecule has 1 atom stereocenters. The van der Waals surface area contributed by atoms with E-state index in [-0.39, 0.29) is 17.7 Å². The van der Waals surface area contributed by atoms with Crippen molar-refractivity contribution >= 4 is 5.78 Å². The van der Waals surface area contributed by atoms with Crippen molar-refractivity contribution < 1.29 is 13.9 Å². The van der Waals surface area contributed by atoms with Crippen LogP contribution in [0.25, 0.3) is 11.1 Å². The Bertz CT molecular complexity index is 1200. The topological polar surface area (TPSA) is 32.8 Å². The average Bonchev–Trinajstić information content (AvgIpc) is 3.35. The summed E-state index contributed by atoms with van der Waals surface area (Å²) in [6.07, 6.45) is 7.29. The minimum absolute atomic E-state index is 0.167. The maximum absolute atomic E-state index is 13.3. The fourth-order valence-electron chi connectivity index (χ4n) is 5.86. The van der Waals surface area contributed by atoms with Gasteiger partial charge in [0.1, 0.15) is 17.7 Å². The van der Waals surface area contributed by atoms with E-state index in [1.54, 1.807) is 0 Å². The van der Waals surface area contributed by atoms with Crippen LogP contribution in [0.2, 0.25) is 0 Å². The predicted molar refractivity (Wildman–Crippen MR) is 151 cm³/mol. The largest absolute Gasteiger partial charge is 0.490 e. The van der Waals surface area contributed by atoms with Crippen LogP contribution in [0.4, 0.5) is 4.39 Å². The summed E-state index contributed by atoms with van der Waals surface area (Å²) < 4.78 is 19.6. The molecule has 0 bridgehead atoms. The lowest BCUT2D eigenvalue weighted by molar-refractivity contribution is 0.0949. The molecule has 0 aliphatic carbocycles. The number of likely N-dealkylation sites (tertiary alicyclic amines) is 2. The van der Waals surface area contributed by atoms with E-state index in [0.717, 1.165) is 67.8 Å². The van der Waals surface area contributed by atoms with Crippen molar-refractivity contribution in [1.29, 1.82) is 0 Å². The molecule has 2 saturated heterocycles. The minimum Gasteiger partial charge on any atom is -0.490 e. The number of ketones is 1. The number of carbonyl (C=O) groups is 1. The Morgan fingerprint density at radius 1 is 0.921 bits per heavy atom. The minimum atomic E-state index is -0.212. The molecule has 5 heteroatoms. The number of ether oxygens (including phenoxy) is 1. The first-order chi connectivity index (χ1) is 18.5. The van der Waals surface area contributed by atoms with Crippen LogP contribution < -0.4 is 4.74 Å². The van der Waals surface area contributed by atoms with Crippen LogP contribution in [0.1, 0.15) is 60.9 Å². The molecular formula is C33H39FN2O2. The number of benzene rings is 3. The van der Waals surface area contributed by atoms with Gasteiger partial charge in [-0.15, -0.1) is 0 Å². The van der Waals surface area contributed by atoms with Gasteiger partial charge < -0.3 is 9.64 Å². The summed E-state index contributed by atoms with van der Waals surface area (Å²) in [6, 6.07) is 23.6. The number of rotatable bonds is 10. The fourth-order valence-corrected chi connectivity index (χ4v) is 5.86. The van der Waals surface area contributed by atoms with Crippen molar-refractivity contribution in [2.75, 3.05) is 26.7 Å². The van der Waals surface area contributed by atoms with Gasteiger partial charge in [-0.3, -0.25) is 9.69 Å². The van der Waals surface area contributed by atoms with Crippen molar-refractivity contribution in [1.82, 2.24) is 9.80 Å². The summed E-state index contributed by atoms with van der Waals surface area (Å²) in [7, 11) is 2.19. The average molecular weight is 515 g/mol. The first kappa shape index (κ1) is 26.6. The maximum atomic E-state index is 13.3. The molecule has 5 rings (SSSR count). The van der Waals surface area contributed by atoms with Crippen LogP contribution >= 0.6 is 0 Å². The normalized spacial score (nSPS) is 19.1. The molecular weight excluding hydrogens is 475 g/mol. The third-order valence-corrected chi connectivity index (χ3v) is 8.12. The number of halogens is 1. The second-order valence-corrected chi connectivity index (χ2v) is 10.9. The molecule has 0 N–H and O–H groups in total. The van der Waals surface area contributed by atoms with Crippen molar-refractivity contribution in [3.05, 3.63) is 89.7 Å². The smallest absolute Gasteiger partial charge is 0.163 e. The maximum Gasteiger partial charge on any atom is 0.163 e. The zero-order chi connectivity index (χ0) is 26.3. The molecule has 38 heavy (non-hydrogen) atoms. The van der Waals surface area contributed by atoms with Crippen LogP contribution in [0, 0.1) is 5.82 Å². The second kappa shape index (κ2) is 12.7. The molecule has 0 saturated carbocycles. The third-order valence-electron chi connectivity index (χ3n) is 8.12. The van der Waals surface area contributed by atoms with Crippen LogP contribution in [0.5, 0.6) is 5.75 Å². The number of carbonyl (C=O) groups excluding carboxylic acids is 1. The first-order valence-electron chi connectivity index (χ1n) is 14.1. The summed E-state index contributed by atoms with van der Waals surface area (Å²) in [6.45, 7) is 4.02. The fraction of sp³-hybridized carbons (Fsp3) is 0.424. The van der Waals surface area contributed by atoms with Crippen molar-refractivity contribution in [2.45, 2.75) is 63.6 Å². The second-order valence-electron chi connectivity index (χ2n) is 10.9. The van der Waals surface area contributed by atoms with Gasteiger partial charge in [0.05, 0.1) is 0 Å². The van der Waals surface area contributed by atoms with Crippen molar-refractivity contribution in [2.24, 2.45) is 0 Å². The van der Waals surface area contributed by atoms with Crippen LogP contribution in [-0.2, 0) is 6.54 Å². The highest BCUT2D eigenvalue weighted by Gasteiger charge is 2.22. The Kier molecular flexibility index (Phi) is 8.87. The number of nitrogens with zero attached hydrogens (tertiary/aromatic N) is 2. The van der Waals surface area contributed by atoms with Gasteiger partial charge in [-0.05, 0) is 99.1 Å². The first-order valence-corrected chi connectivity index (χ1v) is 14.1. The summed E-state index contributed by atoms with van der Waals surface area (Å²) in [4.78, 5) is 17.7. The molecule has 0 aromatic heterocycles. The number of hydrogen-bond donors (Lipinski definition) is 0. The van der Waals surface area contributed by atoms with E-state index < -0.39 is 0 Å². The molecule has 2 aliphatic heterocycles. The lowest BCUT2D eigenvalue weighted by Gasteiger charge is -2.32. The van der Waals surface area contributed by atoms with E-state index in [1.165, 1.54) is 37.1 Å². The number of piperidine rings is 1. The highest BCUT2D eigenvalue weighted by Crippen LogP contribution is 2.25. The lowest BCUT2D eigenvalue weighted by atomic mass is 10.0. The Morgan fingerprint density at radius 2 is 1.71 bits per heavy atom. The van der Waals surface area contributed by atoms with Gasteiger partial charge in [0.15, 0.2) is 5.78 Å². The predicted octanol–water partition coefficient (Wildman–Crippen LogP) is 6.98. The highest BCUT2D eigenvalue weighted by atomic mass is 19.1. The van der Waals surface area contributed by atoms with E-state index in [4.69, 9.17) is 4.74 Å². The van der Waals surface area contributed by atoms with E-state index in [2.05, 4.69) is 41.1 Å². The van der Waals surface area contributed by atoms with Crippen LogP contribution in [0.15, 0.2) is 72.8 Å². The highest BCUT2D eigenvalue weighted by molar-refractivity contribution is 5.96. The van der Waals surface area contributed by atoms with E-state index >= 15 is 0 Å². The van der Waals surface area contributed by atoms with Gasteiger partial charge in [-0.2, -0.15) is 0 Å². The summed E-state index contributed by atoms with van der Waals surface area (Å²) >= 11 is 0. The standard InChI is InChI=1S/C33H39FN2O2/c1-35-19-5-10-30(35)9-4-12-33(37)28-8-3-11-32(23-28)38-31-17-20-36(21-18-31)24-25-6-2-7-27(22-25)26-13-15-29(34)16-14-26/h2-3,6-8,11,13-16,22-23,30-31H,4-5,9-10,12,17-21,24H2,1H3. The molecule has 2 aliphatic rings. The molecule has 2 heterocycles. The van der Waals surface area contributed by atoms with Crippen molar-refractivity contribution in [3.8, 4) is 16.9 Å². The van der Waals surface area contributed by atoms with Crippen molar-refractivity contribution in [3.63, 3.8) is 0 Å². The monoisotopic (exact) mass is 514 g/mol. The van der Waals surface area contributed by atoms with E-state index in [9.17, 15) is 9.18 Å². The number of hydrogen-bond acceptors (Lipinski definition) is 4. The zero-order valence-corrected chi connectivity index (χ0v) is 22.4. The van der Waals surface area contributed by atoms with Gasteiger partial charge in [0, 0.05) is 37.7 Å². The van der Waals surface area contributed by atoms with Crippen LogP contribution in [0.3, 0.4) is 0 Å². The SMILES string of the molecule is CN1CCCC1CCCC(=O)c1cccc(OC2CCN(Cc3cccc(-c4ccc(F)cc4)c3)CC2)c1. The Labute approximate surface area is 226 Å². The van der Waals surface area contributed by atoms with E-state index in [0.29, 0.717) is 12.5 Å². The van der Waals surface area contributed by atoms with Gasteiger partial charge in [-0.25, -0.2) is 4.39 Å². The number of Topliss-reactive ketones (excluding diaryl/α,β-unsaturated/α-hetero) is 1. The van der Waals surface area contributed by atoms with Gasteiger partial charge >= 0.3 is 0 Å².